The molecule has 1 aliphatic rings. The first-order valence-corrected chi connectivity index (χ1v) is 9.67. The monoisotopic (exact) mass is 325 g/mol. The lowest BCUT2D eigenvalue weighted by atomic mass is 9.89. The van der Waals surface area contributed by atoms with Crippen LogP contribution in [0.1, 0.15) is 90.4 Å². The molecular formula is C19H35NO3. The molecule has 1 amide bonds. The molecule has 0 radical (unpaired) electrons. The number of hydrogen-bond acceptors (Lipinski definition) is 3. The summed E-state index contributed by atoms with van der Waals surface area (Å²) in [5.74, 6) is 0.0805. The predicted octanol–water partition coefficient (Wildman–Crippen LogP) is 4.37. The van der Waals surface area contributed by atoms with Crippen LogP contribution in [0.2, 0.25) is 0 Å². The minimum Gasteiger partial charge on any atom is -0.466 e. The summed E-state index contributed by atoms with van der Waals surface area (Å²) in [7, 11) is 0. The van der Waals surface area contributed by atoms with Crippen molar-refractivity contribution in [2.45, 2.75) is 90.4 Å². The molecule has 0 atom stereocenters. The fourth-order valence-electron chi connectivity index (χ4n) is 3.11. The van der Waals surface area contributed by atoms with Crippen LogP contribution in [-0.4, -0.2) is 25.0 Å². The Morgan fingerprint density at radius 1 is 0.957 bits per heavy atom. The first-order valence-electron chi connectivity index (χ1n) is 9.67. The van der Waals surface area contributed by atoms with E-state index in [9.17, 15) is 9.59 Å². The molecule has 0 saturated heterocycles. The van der Waals surface area contributed by atoms with Gasteiger partial charge in [-0.3, -0.25) is 9.59 Å². The molecule has 1 fully saturated rings. The van der Waals surface area contributed by atoms with E-state index in [1.165, 1.54) is 38.5 Å². The van der Waals surface area contributed by atoms with Gasteiger partial charge in [-0.05, 0) is 19.3 Å². The van der Waals surface area contributed by atoms with E-state index in [0.29, 0.717) is 13.2 Å². The molecule has 1 aliphatic carbocycles. The van der Waals surface area contributed by atoms with Crippen molar-refractivity contribution < 1.29 is 14.3 Å². The fourth-order valence-corrected chi connectivity index (χ4v) is 3.11. The first-order chi connectivity index (χ1) is 11.2. The Morgan fingerprint density at radius 2 is 1.61 bits per heavy atom. The third kappa shape index (κ3) is 10.4. The number of rotatable bonds is 12. The van der Waals surface area contributed by atoms with Crippen LogP contribution in [0.3, 0.4) is 0 Å². The molecule has 1 saturated carbocycles. The smallest absolute Gasteiger partial charge is 0.307 e. The molecule has 134 valence electrons. The quantitative estimate of drug-likeness (QED) is 0.428. The second-order valence-corrected chi connectivity index (χ2v) is 6.72. The summed E-state index contributed by atoms with van der Waals surface area (Å²) in [5, 5.41) is 2.87. The van der Waals surface area contributed by atoms with Crippen LogP contribution < -0.4 is 5.32 Å². The highest BCUT2D eigenvalue weighted by Crippen LogP contribution is 2.23. The number of nitrogens with one attached hydrogen (secondary N) is 1. The minimum atomic E-state index is -0.195. The predicted molar refractivity (Wildman–Crippen MR) is 93.2 cm³/mol. The topological polar surface area (TPSA) is 55.4 Å². The van der Waals surface area contributed by atoms with Crippen molar-refractivity contribution in [3.63, 3.8) is 0 Å². The summed E-state index contributed by atoms with van der Waals surface area (Å²) in [5.41, 5.74) is 0. The molecule has 23 heavy (non-hydrogen) atoms. The number of amides is 1. The van der Waals surface area contributed by atoms with Crippen molar-refractivity contribution in [3.8, 4) is 0 Å². The van der Waals surface area contributed by atoms with Gasteiger partial charge in [0.2, 0.25) is 5.91 Å². The third-order valence-electron chi connectivity index (χ3n) is 4.62. The van der Waals surface area contributed by atoms with Crippen LogP contribution in [0.15, 0.2) is 0 Å². The maximum absolute atomic E-state index is 11.9. The molecule has 4 nitrogen and oxygen atoms in total. The van der Waals surface area contributed by atoms with Gasteiger partial charge in [0.1, 0.15) is 0 Å². The summed E-state index contributed by atoms with van der Waals surface area (Å²) in [6, 6.07) is 0. The van der Waals surface area contributed by atoms with Gasteiger partial charge in [-0.15, -0.1) is 0 Å². The Kier molecular flexibility index (Phi) is 11.6. The average Bonchev–Trinajstić information content (AvgIpc) is 2.58. The zero-order valence-corrected chi connectivity index (χ0v) is 14.9. The van der Waals surface area contributed by atoms with E-state index in [0.717, 1.165) is 38.5 Å². The second kappa shape index (κ2) is 13.4. The average molecular weight is 325 g/mol. The molecular weight excluding hydrogens is 290 g/mol. The van der Waals surface area contributed by atoms with Crippen LogP contribution in [0, 0.1) is 5.92 Å². The van der Waals surface area contributed by atoms with Gasteiger partial charge in [0, 0.05) is 12.5 Å². The molecule has 1 N–H and O–H groups in total. The Bertz CT molecular complexity index is 325. The summed E-state index contributed by atoms with van der Waals surface area (Å²) in [4.78, 5) is 23.5. The van der Waals surface area contributed by atoms with Gasteiger partial charge in [-0.2, -0.15) is 0 Å². The zero-order chi connectivity index (χ0) is 16.8. The number of carbonyl (C=O) groups excluding carboxylic acids is 2. The summed E-state index contributed by atoms with van der Waals surface area (Å²) in [6.45, 7) is 3.14. The van der Waals surface area contributed by atoms with Gasteiger partial charge < -0.3 is 10.1 Å². The SMILES string of the molecule is CCCCCCCCCOC(=O)CCNC(=O)C1CCCCC1. The highest BCUT2D eigenvalue weighted by atomic mass is 16.5. The van der Waals surface area contributed by atoms with E-state index >= 15 is 0 Å². The lowest BCUT2D eigenvalue weighted by molar-refractivity contribution is -0.143. The van der Waals surface area contributed by atoms with E-state index in [-0.39, 0.29) is 24.2 Å². The third-order valence-corrected chi connectivity index (χ3v) is 4.62. The van der Waals surface area contributed by atoms with Crippen molar-refractivity contribution in [3.05, 3.63) is 0 Å². The molecule has 0 spiro atoms. The maximum Gasteiger partial charge on any atom is 0.307 e. The van der Waals surface area contributed by atoms with Crippen molar-refractivity contribution in [2.75, 3.05) is 13.2 Å². The molecule has 0 aromatic carbocycles. The zero-order valence-electron chi connectivity index (χ0n) is 14.9. The largest absolute Gasteiger partial charge is 0.466 e. The lowest BCUT2D eigenvalue weighted by Gasteiger charge is -2.20. The van der Waals surface area contributed by atoms with Crippen molar-refractivity contribution in [1.82, 2.24) is 5.32 Å². The summed E-state index contributed by atoms with van der Waals surface area (Å²) in [6.07, 6.45) is 14.3. The van der Waals surface area contributed by atoms with E-state index in [2.05, 4.69) is 12.2 Å². The highest BCUT2D eigenvalue weighted by Gasteiger charge is 2.20. The minimum absolute atomic E-state index is 0.115. The number of esters is 1. The van der Waals surface area contributed by atoms with Crippen LogP contribution in [0.25, 0.3) is 0 Å². The van der Waals surface area contributed by atoms with Crippen molar-refractivity contribution in [2.24, 2.45) is 5.92 Å². The van der Waals surface area contributed by atoms with Gasteiger partial charge in [0.25, 0.3) is 0 Å². The van der Waals surface area contributed by atoms with E-state index < -0.39 is 0 Å². The van der Waals surface area contributed by atoms with E-state index in [1.807, 2.05) is 0 Å². The van der Waals surface area contributed by atoms with Crippen molar-refractivity contribution in [1.29, 1.82) is 0 Å². The Hall–Kier alpha value is -1.06. The summed E-state index contributed by atoms with van der Waals surface area (Å²) < 4.78 is 5.21. The van der Waals surface area contributed by atoms with Gasteiger partial charge in [-0.25, -0.2) is 0 Å². The van der Waals surface area contributed by atoms with E-state index in [4.69, 9.17) is 4.74 Å². The lowest BCUT2D eigenvalue weighted by Crippen LogP contribution is -2.33. The van der Waals surface area contributed by atoms with E-state index in [1.54, 1.807) is 0 Å². The van der Waals surface area contributed by atoms with Crippen molar-refractivity contribution >= 4 is 11.9 Å². The molecule has 0 unspecified atom stereocenters. The molecule has 0 heterocycles. The first kappa shape index (κ1) is 20.0. The Labute approximate surface area is 141 Å². The standard InChI is InChI=1S/C19H35NO3/c1-2-3-4-5-6-7-11-16-23-18(21)14-15-20-19(22)17-12-9-8-10-13-17/h17H,2-16H2,1H3,(H,20,22). The molecule has 4 heteroatoms. The Morgan fingerprint density at radius 3 is 2.30 bits per heavy atom. The summed E-state index contributed by atoms with van der Waals surface area (Å²) >= 11 is 0. The fraction of sp³-hybridized carbons (Fsp3) is 0.895. The second-order valence-electron chi connectivity index (χ2n) is 6.72. The number of ether oxygens (including phenoxy) is 1. The number of carbonyl (C=O) groups is 2. The molecule has 0 bridgehead atoms. The maximum atomic E-state index is 11.9. The van der Waals surface area contributed by atoms with Crippen LogP contribution in [0.4, 0.5) is 0 Å². The van der Waals surface area contributed by atoms with Gasteiger partial charge in [-0.1, -0.05) is 64.7 Å². The van der Waals surface area contributed by atoms with Gasteiger partial charge >= 0.3 is 5.97 Å². The van der Waals surface area contributed by atoms with Gasteiger partial charge in [0.05, 0.1) is 13.0 Å². The van der Waals surface area contributed by atoms with Gasteiger partial charge in [0.15, 0.2) is 0 Å². The molecule has 0 aliphatic heterocycles. The van der Waals surface area contributed by atoms with Crippen LogP contribution >= 0.6 is 0 Å². The van der Waals surface area contributed by atoms with Crippen LogP contribution in [-0.2, 0) is 14.3 Å². The molecule has 1 rings (SSSR count). The number of unbranched alkanes of at least 4 members (excludes halogenated alkanes) is 6. The Balaban J connectivity index is 1.90. The van der Waals surface area contributed by atoms with Crippen LogP contribution in [0.5, 0.6) is 0 Å². The number of hydrogen-bond donors (Lipinski definition) is 1. The normalized spacial score (nSPS) is 15.3. The highest BCUT2D eigenvalue weighted by molar-refractivity contribution is 5.79. The molecule has 0 aromatic heterocycles. The molecule has 0 aromatic rings.